The van der Waals surface area contributed by atoms with E-state index in [1.807, 2.05) is 17.5 Å². The maximum atomic E-state index is 13.0. The molecule has 0 aromatic carbocycles. The molecule has 0 saturated heterocycles. The zero-order valence-corrected chi connectivity index (χ0v) is 18.1. The number of hydrazone groups is 1. The number of thiophene rings is 1. The van der Waals surface area contributed by atoms with Gasteiger partial charge in [0.05, 0.1) is 16.9 Å². The SMILES string of the molecule is CC(=O)NC(C(=O)OCC(=O)N1N=C(c2cccs2)CC1c1ccco1)C1CCCC1. The second-order valence-electron chi connectivity index (χ2n) is 7.83. The minimum Gasteiger partial charge on any atom is -0.467 e. The number of ether oxygens (including phenoxy) is 1. The van der Waals surface area contributed by atoms with Crippen LogP contribution in [0.4, 0.5) is 0 Å². The van der Waals surface area contributed by atoms with Gasteiger partial charge in [0.15, 0.2) is 6.61 Å². The van der Waals surface area contributed by atoms with Crippen molar-refractivity contribution in [2.45, 2.75) is 51.1 Å². The minimum atomic E-state index is -0.725. The van der Waals surface area contributed by atoms with Crippen LogP contribution >= 0.6 is 11.3 Å². The van der Waals surface area contributed by atoms with Gasteiger partial charge in [-0.3, -0.25) is 9.59 Å². The Morgan fingerprint density at radius 3 is 2.74 bits per heavy atom. The molecule has 2 aliphatic rings. The lowest BCUT2D eigenvalue weighted by molar-refractivity contribution is -0.156. The number of hydrogen-bond donors (Lipinski definition) is 1. The van der Waals surface area contributed by atoms with Gasteiger partial charge in [-0.1, -0.05) is 18.9 Å². The van der Waals surface area contributed by atoms with Crippen molar-refractivity contribution in [1.29, 1.82) is 0 Å². The van der Waals surface area contributed by atoms with Crippen molar-refractivity contribution in [2.75, 3.05) is 6.61 Å². The van der Waals surface area contributed by atoms with E-state index >= 15 is 0 Å². The number of nitrogens with zero attached hydrogens (tertiary/aromatic N) is 2. The third-order valence-corrected chi connectivity index (χ3v) is 6.58. The second kappa shape index (κ2) is 9.47. The Hall–Kier alpha value is -2.94. The van der Waals surface area contributed by atoms with Crippen LogP contribution < -0.4 is 5.32 Å². The first-order chi connectivity index (χ1) is 15.0. The second-order valence-corrected chi connectivity index (χ2v) is 8.78. The van der Waals surface area contributed by atoms with Gasteiger partial charge in [0, 0.05) is 13.3 Å². The molecule has 1 N–H and O–H groups in total. The maximum Gasteiger partial charge on any atom is 0.329 e. The third-order valence-electron chi connectivity index (χ3n) is 5.66. The number of carbonyl (C=O) groups is 3. The van der Waals surface area contributed by atoms with E-state index in [-0.39, 0.29) is 17.9 Å². The first-order valence-electron chi connectivity index (χ1n) is 10.4. The number of esters is 1. The summed E-state index contributed by atoms with van der Waals surface area (Å²) in [5.74, 6) is -0.640. The Kier molecular flexibility index (Phi) is 6.50. The van der Waals surface area contributed by atoms with Crippen LogP contribution in [-0.4, -0.2) is 41.2 Å². The van der Waals surface area contributed by atoms with E-state index in [1.54, 1.807) is 29.7 Å². The lowest BCUT2D eigenvalue weighted by Gasteiger charge is -2.23. The summed E-state index contributed by atoms with van der Waals surface area (Å²) in [5, 5.41) is 10.5. The molecule has 0 bridgehead atoms. The number of hydrogen-bond acceptors (Lipinski definition) is 7. The molecule has 1 saturated carbocycles. The van der Waals surface area contributed by atoms with Crippen LogP contribution in [0.5, 0.6) is 0 Å². The minimum absolute atomic E-state index is 0.0395. The predicted molar refractivity (Wildman–Crippen MR) is 114 cm³/mol. The summed E-state index contributed by atoms with van der Waals surface area (Å²) >= 11 is 1.55. The highest BCUT2D eigenvalue weighted by molar-refractivity contribution is 7.12. The Morgan fingerprint density at radius 2 is 2.10 bits per heavy atom. The summed E-state index contributed by atoms with van der Waals surface area (Å²) in [6.07, 6.45) is 5.83. The van der Waals surface area contributed by atoms with Gasteiger partial charge in [0.2, 0.25) is 5.91 Å². The molecule has 164 valence electrons. The van der Waals surface area contributed by atoms with Crippen molar-refractivity contribution < 1.29 is 23.5 Å². The first-order valence-corrected chi connectivity index (χ1v) is 11.3. The van der Waals surface area contributed by atoms with E-state index in [1.165, 1.54) is 11.9 Å². The zero-order chi connectivity index (χ0) is 21.8. The fraction of sp³-hybridized carbons (Fsp3) is 0.455. The lowest BCUT2D eigenvalue weighted by atomic mass is 9.98. The van der Waals surface area contributed by atoms with Crippen molar-refractivity contribution in [2.24, 2.45) is 11.0 Å². The predicted octanol–water partition coefficient (Wildman–Crippen LogP) is 3.26. The van der Waals surface area contributed by atoms with E-state index in [0.717, 1.165) is 36.3 Å². The number of carbonyl (C=O) groups excluding carboxylic acids is 3. The molecular weight excluding hydrogens is 418 g/mol. The number of furan rings is 1. The third kappa shape index (κ3) is 4.87. The molecule has 2 aromatic rings. The van der Waals surface area contributed by atoms with Crippen LogP contribution in [0.3, 0.4) is 0 Å². The molecule has 1 aliphatic heterocycles. The van der Waals surface area contributed by atoms with Crippen LogP contribution in [0, 0.1) is 5.92 Å². The quantitative estimate of drug-likeness (QED) is 0.662. The first kappa shape index (κ1) is 21.3. The lowest BCUT2D eigenvalue weighted by Crippen LogP contribution is -2.46. The fourth-order valence-electron chi connectivity index (χ4n) is 4.20. The standard InChI is InChI=1S/C22H25N3O5S/c1-14(26)23-21(15-6-2-3-7-15)22(28)30-13-20(27)25-17(18-8-4-10-29-18)12-16(24-25)19-9-5-11-31-19/h4-5,8-11,15,17,21H,2-3,6-7,12-13H2,1H3,(H,23,26). The number of rotatable bonds is 7. The van der Waals surface area contributed by atoms with Gasteiger partial charge < -0.3 is 14.5 Å². The van der Waals surface area contributed by atoms with Crippen LogP contribution in [-0.2, 0) is 19.1 Å². The summed E-state index contributed by atoms with van der Waals surface area (Å²) in [4.78, 5) is 38.2. The molecule has 2 amide bonds. The van der Waals surface area contributed by atoms with Crippen LogP contribution in [0.2, 0.25) is 0 Å². The summed E-state index contributed by atoms with van der Waals surface area (Å²) in [7, 11) is 0. The summed E-state index contributed by atoms with van der Waals surface area (Å²) < 4.78 is 10.9. The Bertz CT molecular complexity index is 948. The smallest absolute Gasteiger partial charge is 0.329 e. The van der Waals surface area contributed by atoms with Gasteiger partial charge in [0.25, 0.3) is 5.91 Å². The molecular formula is C22H25N3O5S. The molecule has 2 aromatic heterocycles. The zero-order valence-electron chi connectivity index (χ0n) is 17.3. The van der Waals surface area contributed by atoms with Crippen molar-refractivity contribution in [1.82, 2.24) is 10.3 Å². The molecule has 0 spiro atoms. The Balaban J connectivity index is 1.45. The van der Waals surface area contributed by atoms with Gasteiger partial charge >= 0.3 is 5.97 Å². The largest absolute Gasteiger partial charge is 0.467 e. The molecule has 1 fully saturated rings. The van der Waals surface area contributed by atoms with Gasteiger partial charge in [-0.25, -0.2) is 9.80 Å². The summed E-state index contributed by atoms with van der Waals surface area (Å²) in [6.45, 7) is 0.930. The molecule has 9 heteroatoms. The highest BCUT2D eigenvalue weighted by Gasteiger charge is 2.37. The van der Waals surface area contributed by atoms with Gasteiger partial charge in [-0.2, -0.15) is 5.10 Å². The molecule has 8 nitrogen and oxygen atoms in total. The van der Waals surface area contributed by atoms with Crippen molar-refractivity contribution >= 4 is 34.8 Å². The van der Waals surface area contributed by atoms with Crippen molar-refractivity contribution in [3.63, 3.8) is 0 Å². The van der Waals surface area contributed by atoms with Gasteiger partial charge in [-0.15, -0.1) is 11.3 Å². The molecule has 0 radical (unpaired) electrons. The van der Waals surface area contributed by atoms with Crippen molar-refractivity contribution in [3.8, 4) is 0 Å². The maximum absolute atomic E-state index is 13.0. The van der Waals surface area contributed by atoms with E-state index < -0.39 is 24.5 Å². The average Bonchev–Trinajstić information content (AvgIpc) is 3.56. The molecule has 2 unspecified atom stereocenters. The van der Waals surface area contributed by atoms with E-state index in [4.69, 9.17) is 9.15 Å². The van der Waals surface area contributed by atoms with Crippen LogP contribution in [0.25, 0.3) is 0 Å². The van der Waals surface area contributed by atoms with Crippen LogP contribution in [0.15, 0.2) is 45.4 Å². The average molecular weight is 444 g/mol. The van der Waals surface area contributed by atoms with Crippen molar-refractivity contribution in [3.05, 3.63) is 46.5 Å². The molecule has 1 aliphatic carbocycles. The highest BCUT2D eigenvalue weighted by Crippen LogP contribution is 2.34. The number of nitrogens with one attached hydrogen (secondary N) is 1. The highest BCUT2D eigenvalue weighted by atomic mass is 32.1. The van der Waals surface area contributed by atoms with E-state index in [9.17, 15) is 14.4 Å². The molecule has 31 heavy (non-hydrogen) atoms. The van der Waals surface area contributed by atoms with Crippen LogP contribution in [0.1, 0.15) is 55.7 Å². The normalized spacial score (nSPS) is 19.8. The molecule has 4 rings (SSSR count). The monoisotopic (exact) mass is 443 g/mol. The Morgan fingerprint density at radius 1 is 1.29 bits per heavy atom. The molecule has 2 atom stereocenters. The van der Waals surface area contributed by atoms with E-state index in [2.05, 4.69) is 10.4 Å². The Labute approximate surface area is 184 Å². The van der Waals surface area contributed by atoms with E-state index in [0.29, 0.717) is 12.2 Å². The number of amides is 2. The molecule has 3 heterocycles. The fourth-order valence-corrected chi connectivity index (χ4v) is 4.92. The summed E-state index contributed by atoms with van der Waals surface area (Å²) in [6, 6.07) is 6.34. The topological polar surface area (TPSA) is 101 Å². The van der Waals surface area contributed by atoms with Gasteiger partial charge in [0.1, 0.15) is 17.8 Å². The summed E-state index contributed by atoms with van der Waals surface area (Å²) in [5.41, 5.74) is 0.790. The van der Waals surface area contributed by atoms with Gasteiger partial charge in [-0.05, 0) is 42.3 Å².